The number of hydrogen-bond donors (Lipinski definition) is 1. The molecule has 9 nitrogen and oxygen atoms in total. The molecule has 0 radical (unpaired) electrons. The molecule has 1 saturated carbocycles. The molecule has 5 aromatic rings. The molecular formula is C36H44N4O5S2. The lowest BCUT2D eigenvalue weighted by molar-refractivity contribution is -0.152. The van der Waals surface area contributed by atoms with Crippen molar-refractivity contribution in [1.29, 1.82) is 0 Å². The molecule has 0 saturated heterocycles. The Labute approximate surface area is 281 Å². The summed E-state index contributed by atoms with van der Waals surface area (Å²) in [6.45, 7) is 11.3. The fourth-order valence-electron chi connectivity index (χ4n) is 4.84. The third kappa shape index (κ3) is 10.3. The molecule has 2 aromatic carbocycles. The van der Waals surface area contributed by atoms with Crippen molar-refractivity contribution < 1.29 is 22.7 Å². The van der Waals surface area contributed by atoms with Crippen LogP contribution < -0.4 is 9.46 Å². The number of nitrogens with one attached hydrogen (secondary N) is 1. The molecule has 1 N–H and O–H groups in total. The van der Waals surface area contributed by atoms with Crippen molar-refractivity contribution in [2.45, 2.75) is 90.4 Å². The Morgan fingerprint density at radius 2 is 1.55 bits per heavy atom. The number of pyridine rings is 1. The molecule has 0 bridgehead atoms. The molecule has 0 aliphatic heterocycles. The molecule has 0 unspecified atom stereocenters. The van der Waals surface area contributed by atoms with Gasteiger partial charge in [0.2, 0.25) is 15.9 Å². The van der Waals surface area contributed by atoms with Crippen molar-refractivity contribution in [3.63, 3.8) is 0 Å². The summed E-state index contributed by atoms with van der Waals surface area (Å²) in [4.78, 5) is 25.8. The zero-order chi connectivity index (χ0) is 34.0. The van der Waals surface area contributed by atoms with E-state index in [-0.39, 0.29) is 35.0 Å². The highest BCUT2D eigenvalue weighted by Gasteiger charge is 2.21. The number of esters is 1. The molecule has 3 aromatic heterocycles. The zero-order valence-corrected chi connectivity index (χ0v) is 29.5. The van der Waals surface area contributed by atoms with Crippen LogP contribution in [0.5, 0.6) is 5.88 Å². The lowest BCUT2D eigenvalue weighted by Crippen LogP contribution is -2.30. The number of carbonyl (C=O) groups is 1. The van der Waals surface area contributed by atoms with Gasteiger partial charge in [-0.15, -0.1) is 11.3 Å². The Morgan fingerprint density at radius 3 is 2.17 bits per heavy atom. The van der Waals surface area contributed by atoms with E-state index >= 15 is 0 Å². The number of aromatic nitrogens is 3. The predicted octanol–water partition coefficient (Wildman–Crippen LogP) is 8.20. The first-order valence-corrected chi connectivity index (χ1v) is 18.3. The molecule has 11 heteroatoms. The van der Waals surface area contributed by atoms with Crippen LogP contribution in [0.15, 0.2) is 83.2 Å². The largest absolute Gasteiger partial charge is 0.473 e. The van der Waals surface area contributed by atoms with Crippen molar-refractivity contribution in [3.05, 3.63) is 78.3 Å². The van der Waals surface area contributed by atoms with E-state index in [9.17, 15) is 13.2 Å². The van der Waals surface area contributed by atoms with Gasteiger partial charge in [-0.1, -0.05) is 50.2 Å². The van der Waals surface area contributed by atoms with E-state index in [4.69, 9.17) is 14.5 Å². The summed E-state index contributed by atoms with van der Waals surface area (Å²) in [6.07, 6.45) is 6.47. The van der Waals surface area contributed by atoms with E-state index in [0.717, 1.165) is 39.8 Å². The molecule has 0 atom stereocenters. The van der Waals surface area contributed by atoms with Gasteiger partial charge in [-0.3, -0.25) is 9.78 Å². The molecule has 1 aliphatic carbocycles. The van der Waals surface area contributed by atoms with E-state index in [1.165, 1.54) is 12.8 Å². The molecule has 0 amide bonds. The summed E-state index contributed by atoms with van der Waals surface area (Å²) in [5.41, 5.74) is 3.08. The van der Waals surface area contributed by atoms with Crippen LogP contribution in [0.25, 0.3) is 32.5 Å². The molecular weight excluding hydrogens is 633 g/mol. The Morgan fingerprint density at radius 1 is 0.872 bits per heavy atom. The smallest absolute Gasteiger partial charge is 0.308 e. The topological polar surface area (TPSA) is 120 Å². The molecule has 0 spiro atoms. The van der Waals surface area contributed by atoms with Gasteiger partial charge in [0.05, 0.1) is 33.4 Å². The van der Waals surface area contributed by atoms with Gasteiger partial charge in [-0.2, -0.15) is 0 Å². The Hall–Kier alpha value is -3.93. The van der Waals surface area contributed by atoms with Gasteiger partial charge >= 0.3 is 5.97 Å². The highest BCUT2D eigenvalue weighted by molar-refractivity contribution is 7.89. The molecule has 6 rings (SSSR count). The fourth-order valence-corrected chi connectivity index (χ4v) is 6.97. The highest BCUT2D eigenvalue weighted by Crippen LogP contribution is 2.32. The quantitative estimate of drug-likeness (QED) is 0.163. The van der Waals surface area contributed by atoms with Gasteiger partial charge in [0.1, 0.15) is 16.7 Å². The first-order chi connectivity index (χ1) is 22.4. The summed E-state index contributed by atoms with van der Waals surface area (Å²) in [5, 5.41) is 2.85. The van der Waals surface area contributed by atoms with Gasteiger partial charge in [-0.05, 0) is 89.1 Å². The van der Waals surface area contributed by atoms with Gasteiger partial charge in [-0.25, -0.2) is 23.1 Å². The normalized spacial score (nSPS) is 13.4. The molecule has 47 heavy (non-hydrogen) atoms. The van der Waals surface area contributed by atoms with Crippen molar-refractivity contribution in [2.24, 2.45) is 5.92 Å². The second-order valence-electron chi connectivity index (χ2n) is 12.1. The van der Waals surface area contributed by atoms with Crippen molar-refractivity contribution in [3.8, 4) is 16.5 Å². The first-order valence-electron chi connectivity index (χ1n) is 16.0. The first kappa shape index (κ1) is 35.9. The average Bonchev–Trinajstić information content (AvgIpc) is 3.75. The van der Waals surface area contributed by atoms with Crippen molar-refractivity contribution in [1.82, 2.24) is 19.7 Å². The van der Waals surface area contributed by atoms with Gasteiger partial charge in [0.25, 0.3) is 0 Å². The standard InChI is InChI=1S/C15H14N2OS.C12H14N2O2S.C9H16O2/c1-10(2)18-15-14(13-8-5-9-19-13)16-11-6-3-4-7-12(11)17-15;1-9(2)14-17(15,16)11-7-3-5-10-6-4-8-13-12(10)11;1-7(2)9(10)11-8-5-3-4-6-8/h3-10H,1-2H3;3-9,14H,1-2H3;7-8H,3-6H2,1-2H3. The summed E-state index contributed by atoms with van der Waals surface area (Å²) in [7, 11) is -3.50. The average molecular weight is 677 g/mol. The number of para-hydroxylation sites is 3. The van der Waals surface area contributed by atoms with Gasteiger partial charge < -0.3 is 9.47 Å². The van der Waals surface area contributed by atoms with Crippen LogP contribution in [-0.2, 0) is 19.6 Å². The maximum atomic E-state index is 12.1. The van der Waals surface area contributed by atoms with E-state index in [1.54, 1.807) is 49.6 Å². The minimum Gasteiger partial charge on any atom is -0.473 e. The number of thiophene rings is 1. The van der Waals surface area contributed by atoms with Crippen molar-refractivity contribution in [2.75, 3.05) is 0 Å². The summed E-state index contributed by atoms with van der Waals surface area (Å²) >= 11 is 1.64. The molecule has 250 valence electrons. The van der Waals surface area contributed by atoms with Crippen LogP contribution in [0.2, 0.25) is 0 Å². The Balaban J connectivity index is 0.000000166. The van der Waals surface area contributed by atoms with E-state index in [0.29, 0.717) is 11.4 Å². The predicted molar refractivity (Wildman–Crippen MR) is 189 cm³/mol. The number of rotatable bonds is 8. The highest BCUT2D eigenvalue weighted by atomic mass is 32.2. The van der Waals surface area contributed by atoms with E-state index in [1.807, 2.05) is 81.6 Å². The Kier molecular flexibility index (Phi) is 12.8. The van der Waals surface area contributed by atoms with Crippen LogP contribution in [-0.4, -0.2) is 47.6 Å². The number of benzene rings is 2. The number of nitrogens with zero attached hydrogens (tertiary/aromatic N) is 3. The fraction of sp³-hybridized carbons (Fsp3) is 0.389. The second kappa shape index (κ2) is 16.8. The third-order valence-electron chi connectivity index (χ3n) is 6.97. The van der Waals surface area contributed by atoms with Crippen LogP contribution in [0, 0.1) is 5.92 Å². The summed E-state index contributed by atoms with van der Waals surface area (Å²) < 4.78 is 37.8. The summed E-state index contributed by atoms with van der Waals surface area (Å²) in [6, 6.07) is 20.5. The lowest BCUT2D eigenvalue weighted by atomic mass is 10.2. The number of carbonyl (C=O) groups excluding carboxylic acids is 1. The van der Waals surface area contributed by atoms with Crippen LogP contribution in [0.1, 0.15) is 67.2 Å². The Bertz CT molecular complexity index is 1850. The van der Waals surface area contributed by atoms with Gasteiger partial charge in [0, 0.05) is 17.6 Å². The second-order valence-corrected chi connectivity index (χ2v) is 14.7. The third-order valence-corrected chi connectivity index (χ3v) is 9.54. The maximum Gasteiger partial charge on any atom is 0.308 e. The monoisotopic (exact) mass is 676 g/mol. The summed E-state index contributed by atoms with van der Waals surface area (Å²) in [5.74, 6) is 0.587. The van der Waals surface area contributed by atoms with Gasteiger partial charge in [0.15, 0.2) is 0 Å². The van der Waals surface area contributed by atoms with E-state index in [2.05, 4.69) is 14.7 Å². The minimum absolute atomic E-state index is 0.0237. The lowest BCUT2D eigenvalue weighted by Gasteiger charge is -2.12. The number of ether oxygens (including phenoxy) is 2. The van der Waals surface area contributed by atoms with Crippen LogP contribution in [0.3, 0.4) is 0 Å². The van der Waals surface area contributed by atoms with Crippen molar-refractivity contribution >= 4 is 49.3 Å². The number of sulfonamides is 1. The number of hydrogen-bond acceptors (Lipinski definition) is 9. The van der Waals surface area contributed by atoms with E-state index < -0.39 is 10.0 Å². The van der Waals surface area contributed by atoms with Crippen LogP contribution in [0.4, 0.5) is 0 Å². The van der Waals surface area contributed by atoms with Crippen LogP contribution >= 0.6 is 11.3 Å². The molecule has 1 fully saturated rings. The number of fused-ring (bicyclic) bond motifs is 2. The molecule has 3 heterocycles. The maximum absolute atomic E-state index is 12.1. The minimum atomic E-state index is -3.50. The SMILES string of the molecule is CC(C)C(=O)OC1CCCC1.CC(C)NS(=O)(=O)c1cccc2cccnc12.CC(C)Oc1nc2ccccc2nc1-c1cccs1. The zero-order valence-electron chi connectivity index (χ0n) is 27.8. The molecule has 1 aliphatic rings.